The first kappa shape index (κ1) is 20.8. The van der Waals surface area contributed by atoms with Crippen molar-refractivity contribution in [1.29, 1.82) is 0 Å². The van der Waals surface area contributed by atoms with Crippen LogP contribution in [0, 0.1) is 0 Å². The Bertz CT molecular complexity index is 1220. The van der Waals surface area contributed by atoms with Gasteiger partial charge in [0.1, 0.15) is 12.4 Å². The largest absolute Gasteiger partial charge is 0.488 e. The van der Waals surface area contributed by atoms with E-state index in [0.29, 0.717) is 12.4 Å². The van der Waals surface area contributed by atoms with E-state index >= 15 is 0 Å². The van der Waals surface area contributed by atoms with Gasteiger partial charge >= 0.3 is 0 Å². The summed E-state index contributed by atoms with van der Waals surface area (Å²) in [5.41, 5.74) is 5.45. The minimum atomic E-state index is -0.167. The summed E-state index contributed by atoms with van der Waals surface area (Å²) in [5.74, 6) is 0.541. The van der Waals surface area contributed by atoms with Gasteiger partial charge in [-0.3, -0.25) is 4.79 Å². The van der Waals surface area contributed by atoms with Crippen LogP contribution in [0.5, 0.6) is 5.75 Å². The van der Waals surface area contributed by atoms with Crippen molar-refractivity contribution >= 4 is 38.8 Å². The number of hydrogen-bond donors (Lipinski definition) is 1. The smallest absolute Gasteiger partial charge is 0.244 e. The fourth-order valence-corrected chi connectivity index (χ4v) is 3.76. The van der Waals surface area contributed by atoms with Crippen molar-refractivity contribution < 1.29 is 9.53 Å². The highest BCUT2D eigenvalue weighted by Crippen LogP contribution is 2.27. The van der Waals surface area contributed by atoms with Gasteiger partial charge in [-0.05, 0) is 40.1 Å². The normalized spacial score (nSPS) is 11.0. The molecule has 4 rings (SSSR count). The van der Waals surface area contributed by atoms with E-state index in [9.17, 15) is 4.79 Å². The lowest BCUT2D eigenvalue weighted by atomic mass is 10.0. The first-order valence-electron chi connectivity index (χ1n) is 9.94. The minimum Gasteiger partial charge on any atom is -0.488 e. The van der Waals surface area contributed by atoms with Crippen LogP contribution in [0.15, 0.2) is 101 Å². The highest BCUT2D eigenvalue weighted by molar-refractivity contribution is 9.10. The van der Waals surface area contributed by atoms with Gasteiger partial charge in [0.15, 0.2) is 0 Å². The predicted octanol–water partition coefficient (Wildman–Crippen LogP) is 5.87. The Hall–Kier alpha value is -3.44. The number of amides is 1. The molecular formula is C26H21BrN2O2. The van der Waals surface area contributed by atoms with Crippen LogP contribution in [0.4, 0.5) is 0 Å². The van der Waals surface area contributed by atoms with Gasteiger partial charge in [0.05, 0.1) is 12.6 Å². The Kier molecular flexibility index (Phi) is 6.75. The molecule has 5 heteroatoms. The zero-order chi connectivity index (χ0) is 21.5. The van der Waals surface area contributed by atoms with Crippen LogP contribution in [-0.4, -0.2) is 12.1 Å². The van der Waals surface area contributed by atoms with E-state index in [2.05, 4.69) is 26.5 Å². The third-order valence-electron chi connectivity index (χ3n) is 4.80. The van der Waals surface area contributed by atoms with Crippen molar-refractivity contribution in [2.45, 2.75) is 13.0 Å². The number of carbonyl (C=O) groups excluding carboxylic acids is 1. The van der Waals surface area contributed by atoms with E-state index in [1.165, 1.54) is 0 Å². The lowest BCUT2D eigenvalue weighted by molar-refractivity contribution is -0.120. The van der Waals surface area contributed by atoms with Crippen molar-refractivity contribution in [3.8, 4) is 5.75 Å². The molecule has 0 spiro atoms. The van der Waals surface area contributed by atoms with Crippen LogP contribution in [0.2, 0.25) is 0 Å². The monoisotopic (exact) mass is 472 g/mol. The number of nitrogens with one attached hydrogen (secondary N) is 1. The summed E-state index contributed by atoms with van der Waals surface area (Å²) in [6.07, 6.45) is 1.93. The third-order valence-corrected chi connectivity index (χ3v) is 5.30. The predicted molar refractivity (Wildman–Crippen MR) is 128 cm³/mol. The topological polar surface area (TPSA) is 50.7 Å². The van der Waals surface area contributed by atoms with Crippen LogP contribution >= 0.6 is 15.9 Å². The molecule has 0 fully saturated rings. The van der Waals surface area contributed by atoms with Crippen molar-refractivity contribution in [2.24, 2.45) is 5.10 Å². The number of halogens is 1. The molecule has 0 aliphatic carbocycles. The lowest BCUT2D eigenvalue weighted by Crippen LogP contribution is -2.19. The van der Waals surface area contributed by atoms with Crippen LogP contribution < -0.4 is 10.2 Å². The summed E-state index contributed by atoms with van der Waals surface area (Å²) in [5, 5.41) is 6.29. The Morgan fingerprint density at radius 2 is 1.68 bits per heavy atom. The first-order valence-corrected chi connectivity index (χ1v) is 10.7. The van der Waals surface area contributed by atoms with E-state index in [0.717, 1.165) is 31.9 Å². The van der Waals surface area contributed by atoms with E-state index in [-0.39, 0.29) is 12.3 Å². The van der Waals surface area contributed by atoms with E-state index in [1.54, 1.807) is 6.21 Å². The molecule has 0 radical (unpaired) electrons. The molecule has 0 heterocycles. The summed E-state index contributed by atoms with van der Waals surface area (Å²) in [4.78, 5) is 12.2. The maximum absolute atomic E-state index is 12.2. The molecule has 0 atom stereocenters. The molecule has 4 aromatic carbocycles. The molecular weight excluding hydrogens is 452 g/mol. The van der Waals surface area contributed by atoms with Crippen LogP contribution in [0.25, 0.3) is 10.8 Å². The van der Waals surface area contributed by atoms with Gasteiger partial charge in [-0.2, -0.15) is 5.10 Å². The Balaban J connectivity index is 1.53. The summed E-state index contributed by atoms with van der Waals surface area (Å²) in [6.45, 7) is 0.430. The molecule has 0 bridgehead atoms. The molecule has 4 aromatic rings. The first-order chi connectivity index (χ1) is 15.2. The molecule has 1 N–H and O–H groups in total. The molecule has 154 valence electrons. The average Bonchev–Trinajstić information content (AvgIpc) is 2.79. The van der Waals surface area contributed by atoms with Crippen LogP contribution in [0.1, 0.15) is 16.7 Å². The Labute approximate surface area is 189 Å². The van der Waals surface area contributed by atoms with Crippen molar-refractivity contribution in [3.63, 3.8) is 0 Å². The van der Waals surface area contributed by atoms with Crippen molar-refractivity contribution in [2.75, 3.05) is 0 Å². The van der Waals surface area contributed by atoms with Crippen molar-refractivity contribution in [3.05, 3.63) is 112 Å². The van der Waals surface area contributed by atoms with Gasteiger partial charge in [-0.1, -0.05) is 88.7 Å². The highest BCUT2D eigenvalue weighted by atomic mass is 79.9. The fourth-order valence-electron chi connectivity index (χ4n) is 3.31. The number of carbonyl (C=O) groups is 1. The molecule has 31 heavy (non-hydrogen) atoms. The van der Waals surface area contributed by atoms with E-state index in [4.69, 9.17) is 4.74 Å². The summed E-state index contributed by atoms with van der Waals surface area (Å²) < 4.78 is 7.12. The maximum Gasteiger partial charge on any atom is 0.244 e. The zero-order valence-electron chi connectivity index (χ0n) is 16.8. The second-order valence-corrected chi connectivity index (χ2v) is 7.99. The number of hydrogen-bond acceptors (Lipinski definition) is 3. The molecule has 0 aliphatic rings. The minimum absolute atomic E-state index is 0.167. The number of fused-ring (bicyclic) bond motifs is 1. The third kappa shape index (κ3) is 5.58. The molecule has 1 amide bonds. The van der Waals surface area contributed by atoms with Crippen LogP contribution in [-0.2, 0) is 17.8 Å². The molecule has 0 aliphatic heterocycles. The van der Waals surface area contributed by atoms with Gasteiger partial charge in [0, 0.05) is 10.0 Å². The van der Waals surface area contributed by atoms with Gasteiger partial charge in [-0.25, -0.2) is 5.43 Å². The van der Waals surface area contributed by atoms with Crippen molar-refractivity contribution in [1.82, 2.24) is 5.43 Å². The highest BCUT2D eigenvalue weighted by Gasteiger charge is 2.08. The van der Waals surface area contributed by atoms with E-state index < -0.39 is 0 Å². The Morgan fingerprint density at radius 3 is 2.52 bits per heavy atom. The van der Waals surface area contributed by atoms with E-state index in [1.807, 2.05) is 91.0 Å². The summed E-state index contributed by atoms with van der Waals surface area (Å²) >= 11 is 3.49. The molecule has 0 saturated carbocycles. The standard InChI is InChI=1S/C26H21BrN2O2/c27-22-11-6-9-20(15-22)18-31-25-14-13-21-10-4-5-12-23(21)24(25)17-28-29-26(30)16-19-7-2-1-3-8-19/h1-15,17H,16,18H2,(H,29,30). The second-order valence-electron chi connectivity index (χ2n) is 7.07. The maximum atomic E-state index is 12.2. The molecule has 4 nitrogen and oxygen atoms in total. The number of rotatable bonds is 7. The van der Waals surface area contributed by atoms with Gasteiger partial charge in [0.2, 0.25) is 5.91 Å². The number of benzene rings is 4. The average molecular weight is 473 g/mol. The molecule has 0 unspecified atom stereocenters. The molecule has 0 saturated heterocycles. The van der Waals surface area contributed by atoms with Gasteiger partial charge in [0.25, 0.3) is 0 Å². The second kappa shape index (κ2) is 10.0. The number of ether oxygens (including phenoxy) is 1. The Morgan fingerprint density at radius 1 is 0.903 bits per heavy atom. The van der Waals surface area contributed by atoms with Gasteiger partial charge in [-0.15, -0.1) is 0 Å². The molecule has 0 aromatic heterocycles. The quantitative estimate of drug-likeness (QED) is 0.270. The zero-order valence-corrected chi connectivity index (χ0v) is 18.4. The fraction of sp³-hybridized carbons (Fsp3) is 0.0769. The SMILES string of the molecule is O=C(Cc1ccccc1)NN=Cc1c(OCc2cccc(Br)c2)ccc2ccccc12. The lowest BCUT2D eigenvalue weighted by Gasteiger charge is -2.12. The number of hydrazone groups is 1. The van der Waals surface area contributed by atoms with Gasteiger partial charge < -0.3 is 4.74 Å². The van der Waals surface area contributed by atoms with Crippen LogP contribution in [0.3, 0.4) is 0 Å². The summed E-state index contributed by atoms with van der Waals surface area (Å²) in [6, 6.07) is 29.6. The summed E-state index contributed by atoms with van der Waals surface area (Å²) in [7, 11) is 0. The number of nitrogens with zero attached hydrogens (tertiary/aromatic N) is 1.